The number of hydrogen-bond donors (Lipinski definition) is 2. The molecule has 4 aromatic rings. The van der Waals surface area contributed by atoms with Crippen LogP contribution in [0.3, 0.4) is 0 Å². The molecule has 0 spiro atoms. The molecule has 0 aliphatic carbocycles. The van der Waals surface area contributed by atoms with Crippen LogP contribution in [-0.4, -0.2) is 52.8 Å². The van der Waals surface area contributed by atoms with E-state index >= 15 is 0 Å². The lowest BCUT2D eigenvalue weighted by atomic mass is 10.0. The number of amides is 2. The number of anilines is 1. The molecule has 0 unspecified atom stereocenters. The summed E-state index contributed by atoms with van der Waals surface area (Å²) in [6.45, 7) is 4.49. The third-order valence-corrected chi connectivity index (χ3v) is 7.33. The summed E-state index contributed by atoms with van der Waals surface area (Å²) in [4.78, 5) is 42.3. The number of para-hydroxylation sites is 1. The molecule has 1 aromatic heterocycles. The Morgan fingerprint density at radius 3 is 2.40 bits per heavy atom. The van der Waals surface area contributed by atoms with Crippen molar-refractivity contribution in [2.24, 2.45) is 7.05 Å². The number of carbonyl (C=O) groups is 2. The fourth-order valence-corrected chi connectivity index (χ4v) is 5.01. The summed E-state index contributed by atoms with van der Waals surface area (Å²) in [5.74, 6) is -1.09. The van der Waals surface area contributed by atoms with Crippen LogP contribution < -0.4 is 15.8 Å². The zero-order chi connectivity index (χ0) is 28.2. The standard InChI is InChI=1S/C31H32N4O5/c1-21(32-29(37)27-25-13-6-7-14-26(25)33(2)30(38)28(27)36)23-11-8-12-24(19-23)34-15-17-35(18-16-34)31(39)40-20-22-9-4-3-5-10-22/h3-14,19,21,36H,15-18,20H2,1-2H3,(H,32,37)/t21-/m0/s1. The Morgan fingerprint density at radius 1 is 0.950 bits per heavy atom. The predicted octanol–water partition coefficient (Wildman–Crippen LogP) is 4.19. The van der Waals surface area contributed by atoms with Crippen LogP contribution in [-0.2, 0) is 18.4 Å². The molecule has 40 heavy (non-hydrogen) atoms. The molecule has 2 N–H and O–H groups in total. The molecule has 1 aliphatic heterocycles. The maximum absolute atomic E-state index is 13.3. The van der Waals surface area contributed by atoms with E-state index < -0.39 is 17.2 Å². The van der Waals surface area contributed by atoms with Crippen molar-refractivity contribution < 1.29 is 19.4 Å². The van der Waals surface area contributed by atoms with Gasteiger partial charge in [-0.15, -0.1) is 0 Å². The number of carbonyl (C=O) groups excluding carboxylic acids is 2. The van der Waals surface area contributed by atoms with E-state index in [0.29, 0.717) is 37.1 Å². The predicted molar refractivity (Wildman–Crippen MR) is 154 cm³/mol. The van der Waals surface area contributed by atoms with Crippen LogP contribution in [0.4, 0.5) is 10.5 Å². The van der Waals surface area contributed by atoms with Crippen molar-refractivity contribution in [3.63, 3.8) is 0 Å². The number of ether oxygens (including phenoxy) is 1. The summed E-state index contributed by atoms with van der Waals surface area (Å²) < 4.78 is 6.80. The van der Waals surface area contributed by atoms with Crippen molar-refractivity contribution in [3.8, 4) is 5.75 Å². The Bertz CT molecular complexity index is 1590. The number of nitrogens with one attached hydrogen (secondary N) is 1. The van der Waals surface area contributed by atoms with Crippen LogP contribution in [0.5, 0.6) is 5.75 Å². The van der Waals surface area contributed by atoms with Crippen molar-refractivity contribution >= 4 is 28.6 Å². The van der Waals surface area contributed by atoms with E-state index in [-0.39, 0.29) is 24.3 Å². The molecule has 1 atom stereocenters. The lowest BCUT2D eigenvalue weighted by Crippen LogP contribution is -2.49. The first kappa shape index (κ1) is 26.8. The molecule has 0 bridgehead atoms. The molecule has 5 rings (SSSR count). The molecular weight excluding hydrogens is 508 g/mol. The summed E-state index contributed by atoms with van der Waals surface area (Å²) in [7, 11) is 1.56. The van der Waals surface area contributed by atoms with Crippen LogP contribution in [0.25, 0.3) is 10.9 Å². The highest BCUT2D eigenvalue weighted by molar-refractivity contribution is 6.08. The van der Waals surface area contributed by atoms with Crippen molar-refractivity contribution in [1.29, 1.82) is 0 Å². The molecule has 1 aliphatic rings. The molecule has 0 radical (unpaired) electrons. The van der Waals surface area contributed by atoms with Crippen LogP contribution in [0.15, 0.2) is 83.7 Å². The number of rotatable bonds is 6. The van der Waals surface area contributed by atoms with Crippen LogP contribution in [0, 0.1) is 0 Å². The van der Waals surface area contributed by atoms with E-state index in [2.05, 4.69) is 10.2 Å². The fraction of sp³-hybridized carbons (Fsp3) is 0.258. The van der Waals surface area contributed by atoms with Gasteiger partial charge in [0.2, 0.25) is 0 Å². The minimum absolute atomic E-state index is 0.0306. The maximum Gasteiger partial charge on any atom is 0.410 e. The molecule has 3 aromatic carbocycles. The van der Waals surface area contributed by atoms with Gasteiger partial charge in [0.05, 0.1) is 17.1 Å². The monoisotopic (exact) mass is 540 g/mol. The van der Waals surface area contributed by atoms with E-state index in [1.165, 1.54) is 4.57 Å². The van der Waals surface area contributed by atoms with Gasteiger partial charge >= 0.3 is 6.09 Å². The van der Waals surface area contributed by atoms with E-state index in [1.54, 1.807) is 36.2 Å². The summed E-state index contributed by atoms with van der Waals surface area (Å²) >= 11 is 0. The second-order valence-corrected chi connectivity index (χ2v) is 9.91. The van der Waals surface area contributed by atoms with Gasteiger partial charge in [0, 0.05) is 44.3 Å². The average molecular weight is 541 g/mol. The van der Waals surface area contributed by atoms with Crippen molar-refractivity contribution in [2.75, 3.05) is 31.1 Å². The highest BCUT2D eigenvalue weighted by Gasteiger charge is 2.24. The quantitative estimate of drug-likeness (QED) is 0.380. The van der Waals surface area contributed by atoms with Gasteiger partial charge in [0.1, 0.15) is 6.61 Å². The zero-order valence-corrected chi connectivity index (χ0v) is 22.5. The molecule has 1 saturated heterocycles. The number of aromatic nitrogens is 1. The SMILES string of the molecule is C[C@H](NC(=O)c1c(O)c(=O)n(C)c2ccccc12)c1cccc(N2CCN(C(=O)OCc3ccccc3)CC2)c1. The molecule has 9 nitrogen and oxygen atoms in total. The molecule has 9 heteroatoms. The number of piperazine rings is 1. The Balaban J connectivity index is 1.23. The van der Waals surface area contributed by atoms with Crippen LogP contribution in [0.1, 0.15) is 34.5 Å². The smallest absolute Gasteiger partial charge is 0.410 e. The summed E-state index contributed by atoms with van der Waals surface area (Å²) in [6, 6.07) is 24.1. The summed E-state index contributed by atoms with van der Waals surface area (Å²) in [5, 5.41) is 14.0. The van der Waals surface area contributed by atoms with Gasteiger partial charge in [-0.1, -0.05) is 60.7 Å². The Hall–Kier alpha value is -4.79. The van der Waals surface area contributed by atoms with Gasteiger partial charge in [-0.05, 0) is 36.2 Å². The normalized spacial score (nSPS) is 14.2. The van der Waals surface area contributed by atoms with Crippen molar-refractivity contribution in [1.82, 2.24) is 14.8 Å². The second-order valence-electron chi connectivity index (χ2n) is 9.91. The van der Waals surface area contributed by atoms with E-state index in [4.69, 9.17) is 4.74 Å². The molecule has 206 valence electrons. The molecular formula is C31H32N4O5. The maximum atomic E-state index is 13.3. The number of pyridine rings is 1. The zero-order valence-electron chi connectivity index (χ0n) is 22.5. The van der Waals surface area contributed by atoms with Gasteiger partial charge in [-0.2, -0.15) is 0 Å². The largest absolute Gasteiger partial charge is 0.502 e. The fourth-order valence-electron chi connectivity index (χ4n) is 5.01. The number of hydrogen-bond acceptors (Lipinski definition) is 6. The van der Waals surface area contributed by atoms with Crippen molar-refractivity contribution in [2.45, 2.75) is 19.6 Å². The third-order valence-electron chi connectivity index (χ3n) is 7.33. The van der Waals surface area contributed by atoms with E-state index in [1.807, 2.05) is 61.5 Å². The minimum Gasteiger partial charge on any atom is -0.502 e. The minimum atomic E-state index is -0.624. The highest BCUT2D eigenvalue weighted by Crippen LogP contribution is 2.26. The average Bonchev–Trinajstić information content (AvgIpc) is 2.99. The van der Waals surface area contributed by atoms with Gasteiger partial charge in [0.25, 0.3) is 11.5 Å². The van der Waals surface area contributed by atoms with E-state index in [9.17, 15) is 19.5 Å². The third kappa shape index (κ3) is 5.49. The molecule has 2 heterocycles. The van der Waals surface area contributed by atoms with Crippen molar-refractivity contribution in [3.05, 3.63) is 106 Å². The second kappa shape index (κ2) is 11.5. The van der Waals surface area contributed by atoms with Crippen LogP contribution >= 0.6 is 0 Å². The van der Waals surface area contributed by atoms with Crippen LogP contribution in [0.2, 0.25) is 0 Å². The molecule has 1 fully saturated rings. The first-order valence-electron chi connectivity index (χ1n) is 13.3. The van der Waals surface area contributed by atoms with Gasteiger partial charge in [-0.3, -0.25) is 9.59 Å². The number of nitrogens with zero attached hydrogens (tertiary/aromatic N) is 3. The lowest BCUT2D eigenvalue weighted by Gasteiger charge is -2.35. The first-order chi connectivity index (χ1) is 19.3. The van der Waals surface area contributed by atoms with Gasteiger partial charge < -0.3 is 29.5 Å². The summed E-state index contributed by atoms with van der Waals surface area (Å²) in [6.07, 6.45) is -0.319. The van der Waals surface area contributed by atoms with Gasteiger partial charge in [-0.25, -0.2) is 4.79 Å². The van der Waals surface area contributed by atoms with E-state index in [0.717, 1.165) is 16.8 Å². The highest BCUT2D eigenvalue weighted by atomic mass is 16.6. The topological polar surface area (TPSA) is 104 Å². The summed E-state index contributed by atoms with van der Waals surface area (Å²) in [5.41, 5.74) is 2.72. The number of fused-ring (bicyclic) bond motifs is 1. The lowest BCUT2D eigenvalue weighted by molar-refractivity contribution is 0.0933. The number of aryl methyl sites for hydroxylation is 1. The van der Waals surface area contributed by atoms with Gasteiger partial charge in [0.15, 0.2) is 5.75 Å². The Morgan fingerprint density at radius 2 is 1.65 bits per heavy atom. The molecule has 2 amide bonds. The molecule has 0 saturated carbocycles. The first-order valence-corrected chi connectivity index (χ1v) is 13.3. The number of benzene rings is 3. The Kier molecular flexibility index (Phi) is 7.72. The number of aromatic hydroxyl groups is 1. The Labute approximate surface area is 232 Å².